The van der Waals surface area contributed by atoms with Crippen LogP contribution in [0, 0.1) is 11.3 Å². The Bertz CT molecular complexity index is 439. The predicted molar refractivity (Wildman–Crippen MR) is 73.2 cm³/mol. The molecular weight excluding hydrogens is 278 g/mol. The van der Waals surface area contributed by atoms with Crippen LogP contribution in [-0.4, -0.2) is 38.1 Å². The minimum atomic E-state index is 0.754. The van der Waals surface area contributed by atoms with E-state index in [9.17, 15) is 5.26 Å². The molecule has 2 rings (SSSR count). The summed E-state index contributed by atoms with van der Waals surface area (Å²) in [6.45, 7) is 4.21. The van der Waals surface area contributed by atoms with Crippen LogP contribution >= 0.6 is 15.9 Å². The van der Waals surface area contributed by atoms with E-state index in [2.05, 4.69) is 38.8 Å². The third-order valence-corrected chi connectivity index (χ3v) is 3.63. The zero-order valence-electron chi connectivity index (χ0n) is 9.99. The van der Waals surface area contributed by atoms with Gasteiger partial charge in [-0.2, -0.15) is 5.26 Å². The van der Waals surface area contributed by atoms with Gasteiger partial charge in [-0.15, -0.1) is 0 Å². The Labute approximate surface area is 111 Å². The molecule has 1 fully saturated rings. The highest BCUT2D eigenvalue weighted by atomic mass is 79.9. The van der Waals surface area contributed by atoms with E-state index in [1.54, 1.807) is 0 Å². The molecule has 1 aromatic rings. The molecule has 1 aliphatic rings. The molecule has 0 N–H and O–H groups in total. The maximum Gasteiger partial charge on any atom is 0.101 e. The van der Waals surface area contributed by atoms with Crippen molar-refractivity contribution in [2.45, 2.75) is 6.42 Å². The van der Waals surface area contributed by atoms with Crippen LogP contribution in [0.5, 0.6) is 0 Å². The molecule has 3 nitrogen and oxygen atoms in total. The van der Waals surface area contributed by atoms with Crippen LogP contribution in [0.1, 0.15) is 12.0 Å². The first-order valence-electron chi connectivity index (χ1n) is 5.84. The van der Waals surface area contributed by atoms with Crippen LogP contribution in [0.2, 0.25) is 0 Å². The van der Waals surface area contributed by atoms with Gasteiger partial charge in [-0.05, 0) is 38.2 Å². The summed E-state index contributed by atoms with van der Waals surface area (Å²) >= 11 is 3.41. The minimum Gasteiger partial charge on any atom is -0.369 e. The van der Waals surface area contributed by atoms with E-state index in [0.717, 1.165) is 48.3 Å². The number of halogens is 1. The third kappa shape index (κ3) is 2.99. The first kappa shape index (κ1) is 12.4. The van der Waals surface area contributed by atoms with Gasteiger partial charge in [0.25, 0.3) is 0 Å². The highest BCUT2D eigenvalue weighted by molar-refractivity contribution is 9.10. The van der Waals surface area contributed by atoms with Crippen LogP contribution in [0.4, 0.5) is 5.69 Å². The molecule has 0 aliphatic carbocycles. The topological polar surface area (TPSA) is 30.3 Å². The summed E-state index contributed by atoms with van der Waals surface area (Å²) in [6.07, 6.45) is 1.15. The molecule has 0 amide bonds. The molecule has 1 saturated heterocycles. The predicted octanol–water partition coefficient (Wildman–Crippen LogP) is 2.46. The fraction of sp³-hybridized carbons (Fsp3) is 0.462. The van der Waals surface area contributed by atoms with Gasteiger partial charge in [0.15, 0.2) is 0 Å². The van der Waals surface area contributed by atoms with Crippen molar-refractivity contribution in [2.24, 2.45) is 0 Å². The largest absolute Gasteiger partial charge is 0.369 e. The first-order chi connectivity index (χ1) is 8.20. The lowest BCUT2D eigenvalue weighted by molar-refractivity contribution is 0.360. The van der Waals surface area contributed by atoms with Crippen LogP contribution in [0.15, 0.2) is 22.7 Å². The molecule has 1 aromatic carbocycles. The van der Waals surface area contributed by atoms with E-state index < -0.39 is 0 Å². The number of benzene rings is 1. The minimum absolute atomic E-state index is 0.754. The fourth-order valence-electron chi connectivity index (χ4n) is 2.16. The second-order valence-electron chi connectivity index (χ2n) is 4.42. The van der Waals surface area contributed by atoms with Gasteiger partial charge >= 0.3 is 0 Å². The van der Waals surface area contributed by atoms with E-state index in [0.29, 0.717) is 0 Å². The van der Waals surface area contributed by atoms with Gasteiger partial charge in [0.05, 0.1) is 11.3 Å². The summed E-state index contributed by atoms with van der Waals surface area (Å²) < 4.78 is 0.963. The molecule has 0 spiro atoms. The Kier molecular flexibility index (Phi) is 4.03. The molecule has 1 aliphatic heterocycles. The van der Waals surface area contributed by atoms with Gasteiger partial charge in [0.2, 0.25) is 0 Å². The smallest absolute Gasteiger partial charge is 0.101 e. The van der Waals surface area contributed by atoms with Crippen LogP contribution < -0.4 is 4.90 Å². The molecule has 0 unspecified atom stereocenters. The number of rotatable bonds is 1. The lowest BCUT2D eigenvalue weighted by atomic mass is 10.1. The number of likely N-dealkylation sites (N-methyl/N-ethyl adjacent to an activating group) is 1. The third-order valence-electron chi connectivity index (χ3n) is 3.14. The Morgan fingerprint density at radius 1 is 1.24 bits per heavy atom. The monoisotopic (exact) mass is 293 g/mol. The molecule has 1 heterocycles. The summed E-state index contributed by atoms with van der Waals surface area (Å²) in [5.74, 6) is 0. The summed E-state index contributed by atoms with van der Waals surface area (Å²) in [7, 11) is 2.15. The highest BCUT2D eigenvalue weighted by Gasteiger charge is 2.15. The molecule has 0 atom stereocenters. The van der Waals surface area contributed by atoms with E-state index in [1.807, 2.05) is 18.2 Å². The van der Waals surface area contributed by atoms with Gasteiger partial charge in [-0.1, -0.05) is 15.9 Å². The van der Waals surface area contributed by atoms with Gasteiger partial charge in [0.1, 0.15) is 6.07 Å². The van der Waals surface area contributed by atoms with Crippen molar-refractivity contribution < 1.29 is 0 Å². The summed E-state index contributed by atoms with van der Waals surface area (Å²) in [5.41, 5.74) is 1.81. The molecule has 90 valence electrons. The normalized spacial score (nSPS) is 17.6. The molecule has 0 radical (unpaired) electrons. The maximum absolute atomic E-state index is 9.19. The van der Waals surface area contributed by atoms with Crippen LogP contribution in [0.25, 0.3) is 0 Å². The van der Waals surface area contributed by atoms with E-state index in [-0.39, 0.29) is 0 Å². The Morgan fingerprint density at radius 2 is 2.06 bits per heavy atom. The molecular formula is C13H16BrN3. The van der Waals surface area contributed by atoms with Crippen molar-refractivity contribution >= 4 is 21.6 Å². The summed E-state index contributed by atoms with van der Waals surface area (Å²) in [5, 5.41) is 9.19. The molecule has 0 saturated carbocycles. The number of hydrogen-bond acceptors (Lipinski definition) is 3. The Hall–Kier alpha value is -1.05. The van der Waals surface area contributed by atoms with Crippen molar-refractivity contribution in [3.05, 3.63) is 28.2 Å². The van der Waals surface area contributed by atoms with Crippen molar-refractivity contribution in [1.29, 1.82) is 5.26 Å². The Balaban J connectivity index is 2.24. The fourth-order valence-corrected chi connectivity index (χ4v) is 2.52. The van der Waals surface area contributed by atoms with Gasteiger partial charge < -0.3 is 9.80 Å². The van der Waals surface area contributed by atoms with Crippen LogP contribution in [-0.2, 0) is 0 Å². The molecule has 17 heavy (non-hydrogen) atoms. The molecule has 0 aromatic heterocycles. The van der Waals surface area contributed by atoms with Crippen LogP contribution in [0.3, 0.4) is 0 Å². The first-order valence-corrected chi connectivity index (χ1v) is 6.63. The van der Waals surface area contributed by atoms with Crippen molar-refractivity contribution in [2.75, 3.05) is 38.1 Å². The van der Waals surface area contributed by atoms with E-state index >= 15 is 0 Å². The zero-order valence-corrected chi connectivity index (χ0v) is 11.6. The summed E-state index contributed by atoms with van der Waals surface area (Å²) in [6, 6.07) is 8.21. The zero-order chi connectivity index (χ0) is 12.3. The number of nitriles is 1. The van der Waals surface area contributed by atoms with Gasteiger partial charge in [0, 0.05) is 24.1 Å². The van der Waals surface area contributed by atoms with E-state index in [4.69, 9.17) is 0 Å². The number of hydrogen-bond donors (Lipinski definition) is 0. The van der Waals surface area contributed by atoms with Crippen molar-refractivity contribution in [3.8, 4) is 6.07 Å². The quantitative estimate of drug-likeness (QED) is 0.797. The van der Waals surface area contributed by atoms with E-state index in [1.165, 1.54) is 0 Å². The molecule has 4 heteroatoms. The average Bonchev–Trinajstić information content (AvgIpc) is 2.54. The maximum atomic E-state index is 9.19. The SMILES string of the molecule is CN1CCCN(c2ccc(Br)cc2C#N)CC1. The van der Waals surface area contributed by atoms with Gasteiger partial charge in [-0.25, -0.2) is 0 Å². The standard InChI is InChI=1S/C13H16BrN3/c1-16-5-2-6-17(8-7-16)13-4-3-12(14)9-11(13)10-15/h3-4,9H,2,5-8H2,1H3. The molecule has 0 bridgehead atoms. The lowest BCUT2D eigenvalue weighted by Crippen LogP contribution is -2.29. The second kappa shape index (κ2) is 5.52. The lowest BCUT2D eigenvalue weighted by Gasteiger charge is -2.23. The average molecular weight is 294 g/mol. The summed E-state index contributed by atoms with van der Waals surface area (Å²) in [4.78, 5) is 4.65. The van der Waals surface area contributed by atoms with Crippen molar-refractivity contribution in [3.63, 3.8) is 0 Å². The number of anilines is 1. The van der Waals surface area contributed by atoms with Crippen molar-refractivity contribution in [1.82, 2.24) is 4.90 Å². The van der Waals surface area contributed by atoms with Gasteiger partial charge in [-0.3, -0.25) is 0 Å². The highest BCUT2D eigenvalue weighted by Crippen LogP contribution is 2.24. The second-order valence-corrected chi connectivity index (χ2v) is 5.33. The Morgan fingerprint density at radius 3 is 2.82 bits per heavy atom. The number of nitrogens with zero attached hydrogens (tertiary/aromatic N) is 3.